The number of nitrogens with zero attached hydrogens (tertiary/aromatic N) is 1. The van der Waals surface area contributed by atoms with Crippen molar-refractivity contribution >= 4 is 21.7 Å². The van der Waals surface area contributed by atoms with E-state index in [4.69, 9.17) is 5.73 Å². The van der Waals surface area contributed by atoms with Gasteiger partial charge in [-0.2, -0.15) is 0 Å². The molecule has 0 spiro atoms. The van der Waals surface area contributed by atoms with E-state index in [1.54, 1.807) is 0 Å². The second kappa shape index (κ2) is 6.46. The molecule has 0 aliphatic heterocycles. The molecule has 0 saturated heterocycles. The lowest BCUT2D eigenvalue weighted by Gasteiger charge is -2.05. The van der Waals surface area contributed by atoms with Gasteiger partial charge in [0.25, 0.3) is 0 Å². The predicted octanol–water partition coefficient (Wildman–Crippen LogP) is 4.66. The predicted molar refractivity (Wildman–Crippen MR) is 101 cm³/mol. The van der Waals surface area contributed by atoms with Crippen molar-refractivity contribution in [2.45, 2.75) is 19.3 Å². The smallest absolute Gasteiger partial charge is 0.0541 e. The van der Waals surface area contributed by atoms with E-state index in [-0.39, 0.29) is 0 Å². The summed E-state index contributed by atoms with van der Waals surface area (Å²) < 4.78 is 0. The van der Waals surface area contributed by atoms with Gasteiger partial charge in [0.05, 0.1) is 5.52 Å². The van der Waals surface area contributed by atoms with Gasteiger partial charge in [-0.05, 0) is 48.9 Å². The molecule has 3 N–H and O–H groups in total. The first-order valence-corrected chi connectivity index (χ1v) is 8.51. The quantitative estimate of drug-likeness (QED) is 0.526. The average Bonchev–Trinajstić information content (AvgIpc) is 3.02. The van der Waals surface area contributed by atoms with Gasteiger partial charge in [0.2, 0.25) is 0 Å². The molecule has 3 nitrogen and oxygen atoms in total. The zero-order chi connectivity index (χ0) is 16.4. The van der Waals surface area contributed by atoms with Crippen molar-refractivity contribution in [1.82, 2.24) is 9.97 Å². The van der Waals surface area contributed by atoms with Gasteiger partial charge in [-0.15, -0.1) is 0 Å². The van der Waals surface area contributed by atoms with Crippen LogP contribution in [0.4, 0.5) is 0 Å². The molecule has 4 rings (SSSR count). The van der Waals surface area contributed by atoms with Crippen LogP contribution < -0.4 is 5.73 Å². The highest BCUT2D eigenvalue weighted by molar-refractivity contribution is 6.08. The van der Waals surface area contributed by atoms with Crippen molar-refractivity contribution < 1.29 is 0 Å². The van der Waals surface area contributed by atoms with E-state index in [1.165, 1.54) is 38.5 Å². The Bertz CT molecular complexity index is 970. The summed E-state index contributed by atoms with van der Waals surface area (Å²) in [5.41, 5.74) is 10.7. The lowest BCUT2D eigenvalue weighted by molar-refractivity contribution is 0.748. The van der Waals surface area contributed by atoms with Crippen molar-refractivity contribution in [1.29, 1.82) is 0 Å². The highest BCUT2D eigenvalue weighted by atomic mass is 14.7. The molecule has 0 unspecified atom stereocenters. The third-order valence-electron chi connectivity index (χ3n) is 4.66. The van der Waals surface area contributed by atoms with E-state index >= 15 is 0 Å². The molecular weight excluding hydrogens is 294 g/mol. The Balaban J connectivity index is 1.95. The van der Waals surface area contributed by atoms with Gasteiger partial charge in [0.1, 0.15) is 0 Å². The van der Waals surface area contributed by atoms with Gasteiger partial charge in [-0.25, -0.2) is 0 Å². The minimum Gasteiger partial charge on any atom is -0.354 e. The second-order valence-corrected chi connectivity index (χ2v) is 6.17. The minimum atomic E-state index is 0.746. The third kappa shape index (κ3) is 2.57. The number of aromatic nitrogens is 2. The van der Waals surface area contributed by atoms with Gasteiger partial charge in [0.15, 0.2) is 0 Å². The first-order valence-electron chi connectivity index (χ1n) is 8.51. The number of fused-ring (bicyclic) bond motifs is 3. The summed E-state index contributed by atoms with van der Waals surface area (Å²) in [6, 6.07) is 17.1. The van der Waals surface area contributed by atoms with E-state index in [2.05, 4.69) is 58.5 Å². The van der Waals surface area contributed by atoms with Crippen molar-refractivity contribution in [3.8, 4) is 11.3 Å². The summed E-state index contributed by atoms with van der Waals surface area (Å²) in [5.74, 6) is 0. The Labute approximate surface area is 141 Å². The molecule has 0 amide bonds. The fraction of sp³-hybridized carbons (Fsp3) is 0.190. The number of aromatic amines is 1. The van der Waals surface area contributed by atoms with E-state index < -0.39 is 0 Å². The summed E-state index contributed by atoms with van der Waals surface area (Å²) in [7, 11) is 0. The number of benzene rings is 2. The second-order valence-electron chi connectivity index (χ2n) is 6.17. The van der Waals surface area contributed by atoms with Crippen LogP contribution in [0.3, 0.4) is 0 Å². The van der Waals surface area contributed by atoms with Crippen LogP contribution in [0.2, 0.25) is 0 Å². The fourth-order valence-corrected chi connectivity index (χ4v) is 3.46. The molecule has 3 heteroatoms. The number of hydrogen-bond acceptors (Lipinski definition) is 2. The molecule has 4 aromatic rings. The Hall–Kier alpha value is -2.65. The molecule has 24 heavy (non-hydrogen) atoms. The van der Waals surface area contributed by atoms with E-state index in [0.717, 1.165) is 25.8 Å². The molecule has 2 heterocycles. The summed E-state index contributed by atoms with van der Waals surface area (Å²) in [5, 5.41) is 3.86. The van der Waals surface area contributed by atoms with Crippen molar-refractivity contribution in [2.75, 3.05) is 6.54 Å². The fourth-order valence-electron chi connectivity index (χ4n) is 3.46. The summed E-state index contributed by atoms with van der Waals surface area (Å²) in [6.45, 7) is 0.746. The number of pyridine rings is 1. The van der Waals surface area contributed by atoms with E-state index in [0.29, 0.717) is 0 Å². The van der Waals surface area contributed by atoms with Crippen LogP contribution in [0.15, 0.2) is 60.9 Å². The largest absolute Gasteiger partial charge is 0.354 e. The Kier molecular flexibility index (Phi) is 4.01. The highest BCUT2D eigenvalue weighted by Crippen LogP contribution is 2.35. The summed E-state index contributed by atoms with van der Waals surface area (Å²) in [6.07, 6.45) is 6.89. The van der Waals surface area contributed by atoms with E-state index in [1.807, 2.05) is 12.4 Å². The van der Waals surface area contributed by atoms with Crippen LogP contribution in [0.25, 0.3) is 32.9 Å². The van der Waals surface area contributed by atoms with Crippen LogP contribution in [0.5, 0.6) is 0 Å². The van der Waals surface area contributed by atoms with Crippen LogP contribution in [-0.4, -0.2) is 16.5 Å². The minimum absolute atomic E-state index is 0.746. The third-order valence-corrected chi connectivity index (χ3v) is 4.66. The zero-order valence-electron chi connectivity index (χ0n) is 13.6. The molecule has 0 fully saturated rings. The van der Waals surface area contributed by atoms with Gasteiger partial charge >= 0.3 is 0 Å². The first kappa shape index (κ1) is 14.9. The Morgan fingerprint density at radius 1 is 0.875 bits per heavy atom. The molecule has 0 atom stereocenters. The molecular formula is C21H21N3. The standard InChI is InChI=1S/C21H21N3/c22-12-4-3-7-18-19-9-8-15-5-1-2-6-17(15)21(19)24-20(18)16-10-13-23-14-11-16/h1-2,5-6,8-11,13-14,24H,3-4,7,12,22H2. The van der Waals surface area contributed by atoms with Crippen molar-refractivity contribution in [2.24, 2.45) is 5.73 Å². The van der Waals surface area contributed by atoms with Crippen LogP contribution >= 0.6 is 0 Å². The molecule has 2 aromatic carbocycles. The van der Waals surface area contributed by atoms with Crippen LogP contribution in [-0.2, 0) is 6.42 Å². The van der Waals surface area contributed by atoms with Gasteiger partial charge < -0.3 is 10.7 Å². The number of rotatable bonds is 5. The number of nitrogens with one attached hydrogen (secondary N) is 1. The monoisotopic (exact) mass is 315 g/mol. The number of unbranched alkanes of at least 4 members (excludes halogenated alkanes) is 1. The molecule has 2 aromatic heterocycles. The summed E-state index contributed by atoms with van der Waals surface area (Å²) in [4.78, 5) is 7.84. The summed E-state index contributed by atoms with van der Waals surface area (Å²) >= 11 is 0. The van der Waals surface area contributed by atoms with Gasteiger partial charge in [-0.1, -0.05) is 36.4 Å². The first-order chi connectivity index (χ1) is 11.9. The van der Waals surface area contributed by atoms with Crippen LogP contribution in [0.1, 0.15) is 18.4 Å². The van der Waals surface area contributed by atoms with E-state index in [9.17, 15) is 0 Å². The molecule has 0 bridgehead atoms. The maximum absolute atomic E-state index is 5.69. The SMILES string of the molecule is NCCCCc1c(-c2ccncc2)[nH]c2c1ccc1ccccc12. The molecule has 0 aliphatic carbocycles. The number of nitrogens with two attached hydrogens (primary N) is 1. The number of hydrogen-bond donors (Lipinski definition) is 2. The number of aryl methyl sites for hydroxylation is 1. The lowest BCUT2D eigenvalue weighted by atomic mass is 9.99. The Morgan fingerprint density at radius 2 is 1.71 bits per heavy atom. The highest BCUT2D eigenvalue weighted by Gasteiger charge is 2.14. The normalized spacial score (nSPS) is 11.4. The van der Waals surface area contributed by atoms with Gasteiger partial charge in [-0.3, -0.25) is 4.98 Å². The average molecular weight is 315 g/mol. The molecule has 120 valence electrons. The molecule has 0 radical (unpaired) electrons. The van der Waals surface area contributed by atoms with Crippen molar-refractivity contribution in [3.05, 3.63) is 66.5 Å². The maximum atomic E-state index is 5.69. The zero-order valence-corrected chi connectivity index (χ0v) is 13.6. The van der Waals surface area contributed by atoms with Gasteiger partial charge in [0, 0.05) is 34.4 Å². The maximum Gasteiger partial charge on any atom is 0.0541 e. The lowest BCUT2D eigenvalue weighted by Crippen LogP contribution is -1.99. The Morgan fingerprint density at radius 3 is 2.54 bits per heavy atom. The van der Waals surface area contributed by atoms with Crippen molar-refractivity contribution in [3.63, 3.8) is 0 Å². The topological polar surface area (TPSA) is 54.7 Å². The van der Waals surface area contributed by atoms with Crippen LogP contribution in [0, 0.1) is 0 Å². The number of H-pyrrole nitrogens is 1. The molecule has 0 aliphatic rings. The molecule has 0 saturated carbocycles.